The predicted molar refractivity (Wildman–Crippen MR) is 80.1 cm³/mol. The number of anilines is 1. The van der Waals surface area contributed by atoms with Gasteiger partial charge in [-0.1, -0.05) is 52.0 Å². The van der Waals surface area contributed by atoms with Gasteiger partial charge in [0.25, 0.3) is 0 Å². The molecule has 0 aliphatic rings. The van der Waals surface area contributed by atoms with Gasteiger partial charge < -0.3 is 5.73 Å². The van der Waals surface area contributed by atoms with Gasteiger partial charge in [-0.15, -0.1) is 0 Å². The molecule has 19 heavy (non-hydrogen) atoms. The minimum Gasteiger partial charge on any atom is -0.384 e. The maximum Gasteiger partial charge on any atom is 0.133 e. The molecule has 0 fully saturated rings. The summed E-state index contributed by atoms with van der Waals surface area (Å²) in [6.45, 7) is 8.52. The van der Waals surface area contributed by atoms with Gasteiger partial charge in [0.1, 0.15) is 11.6 Å². The van der Waals surface area contributed by atoms with Gasteiger partial charge in [-0.3, -0.25) is 0 Å². The number of nitrogens with two attached hydrogens (primary N) is 1. The lowest BCUT2D eigenvalue weighted by atomic mass is 10.0. The van der Waals surface area contributed by atoms with Gasteiger partial charge in [0, 0.05) is 17.5 Å². The molecule has 1 heterocycles. The molecule has 3 nitrogen and oxygen atoms in total. The fraction of sp³-hybridized carbons (Fsp3) is 0.375. The summed E-state index contributed by atoms with van der Waals surface area (Å²) in [5, 5.41) is 0. The van der Waals surface area contributed by atoms with Crippen molar-refractivity contribution < 1.29 is 0 Å². The monoisotopic (exact) mass is 255 g/mol. The van der Waals surface area contributed by atoms with E-state index in [9.17, 15) is 0 Å². The first-order valence-electron chi connectivity index (χ1n) is 6.72. The molecule has 2 aromatic rings. The van der Waals surface area contributed by atoms with Crippen molar-refractivity contribution in [1.82, 2.24) is 9.97 Å². The summed E-state index contributed by atoms with van der Waals surface area (Å²) in [6.07, 6.45) is 0. The minimum atomic E-state index is 0.275. The number of hydrogen-bond donors (Lipinski definition) is 1. The first-order chi connectivity index (χ1) is 8.97. The van der Waals surface area contributed by atoms with E-state index < -0.39 is 0 Å². The minimum absolute atomic E-state index is 0.275. The Labute approximate surface area is 114 Å². The normalized spacial score (nSPS) is 11.3. The van der Waals surface area contributed by atoms with E-state index >= 15 is 0 Å². The van der Waals surface area contributed by atoms with Crippen LogP contribution in [0.15, 0.2) is 30.3 Å². The highest BCUT2D eigenvalue weighted by atomic mass is 14.9. The summed E-state index contributed by atoms with van der Waals surface area (Å²) in [5.41, 5.74) is 9.17. The van der Waals surface area contributed by atoms with Crippen LogP contribution in [-0.4, -0.2) is 9.97 Å². The fourth-order valence-corrected chi connectivity index (χ4v) is 1.93. The van der Waals surface area contributed by atoms with E-state index in [1.54, 1.807) is 0 Å². The SMILES string of the molecule is CC(C)c1ccc(-c2cc(N)nc(C(C)C)n2)cc1. The molecule has 0 bridgehead atoms. The summed E-state index contributed by atoms with van der Waals surface area (Å²) < 4.78 is 0. The predicted octanol–water partition coefficient (Wildman–Crippen LogP) is 3.97. The molecule has 0 aliphatic carbocycles. The Kier molecular flexibility index (Phi) is 3.84. The second kappa shape index (κ2) is 5.39. The van der Waals surface area contributed by atoms with Crippen LogP contribution in [0.1, 0.15) is 50.9 Å². The molecule has 0 radical (unpaired) electrons. The van der Waals surface area contributed by atoms with Crippen molar-refractivity contribution in [2.24, 2.45) is 0 Å². The van der Waals surface area contributed by atoms with Crippen LogP contribution in [0.4, 0.5) is 5.82 Å². The fourth-order valence-electron chi connectivity index (χ4n) is 1.93. The van der Waals surface area contributed by atoms with E-state index in [2.05, 4.69) is 61.9 Å². The van der Waals surface area contributed by atoms with Crippen molar-refractivity contribution in [3.63, 3.8) is 0 Å². The third-order valence-electron chi connectivity index (χ3n) is 3.15. The highest BCUT2D eigenvalue weighted by Crippen LogP contribution is 2.23. The maximum absolute atomic E-state index is 5.86. The van der Waals surface area contributed by atoms with E-state index in [4.69, 9.17) is 5.73 Å². The highest BCUT2D eigenvalue weighted by molar-refractivity contribution is 5.62. The Hall–Kier alpha value is -1.90. The van der Waals surface area contributed by atoms with Gasteiger partial charge >= 0.3 is 0 Å². The van der Waals surface area contributed by atoms with E-state index in [1.807, 2.05) is 6.07 Å². The maximum atomic E-state index is 5.86. The lowest BCUT2D eigenvalue weighted by Gasteiger charge is -2.10. The first kappa shape index (κ1) is 13.5. The van der Waals surface area contributed by atoms with Gasteiger partial charge in [0.2, 0.25) is 0 Å². The topological polar surface area (TPSA) is 51.8 Å². The first-order valence-corrected chi connectivity index (χ1v) is 6.72. The second-order valence-corrected chi connectivity index (χ2v) is 5.47. The van der Waals surface area contributed by atoms with Crippen LogP contribution in [0.3, 0.4) is 0 Å². The summed E-state index contributed by atoms with van der Waals surface area (Å²) in [5.74, 6) is 2.14. The number of benzene rings is 1. The zero-order valence-electron chi connectivity index (χ0n) is 12.0. The Morgan fingerprint density at radius 3 is 2.05 bits per heavy atom. The Morgan fingerprint density at radius 1 is 0.895 bits per heavy atom. The Bertz CT molecular complexity index is 557. The molecule has 0 aliphatic heterocycles. The van der Waals surface area contributed by atoms with Gasteiger partial charge in [-0.2, -0.15) is 0 Å². The Balaban J connectivity index is 2.41. The van der Waals surface area contributed by atoms with Crippen molar-refractivity contribution in [1.29, 1.82) is 0 Å². The van der Waals surface area contributed by atoms with Gasteiger partial charge in [-0.25, -0.2) is 9.97 Å². The third kappa shape index (κ3) is 3.11. The van der Waals surface area contributed by atoms with Gasteiger partial charge in [-0.05, 0) is 11.5 Å². The van der Waals surface area contributed by atoms with E-state index in [-0.39, 0.29) is 5.92 Å². The van der Waals surface area contributed by atoms with E-state index in [1.165, 1.54) is 5.56 Å². The molecule has 100 valence electrons. The smallest absolute Gasteiger partial charge is 0.133 e. The molecular weight excluding hydrogens is 234 g/mol. The van der Waals surface area contributed by atoms with Crippen LogP contribution in [-0.2, 0) is 0 Å². The molecule has 0 saturated heterocycles. The quantitative estimate of drug-likeness (QED) is 0.902. The van der Waals surface area contributed by atoms with Crippen molar-refractivity contribution in [2.45, 2.75) is 39.5 Å². The van der Waals surface area contributed by atoms with Crippen molar-refractivity contribution in [3.8, 4) is 11.3 Å². The van der Waals surface area contributed by atoms with Crippen LogP contribution in [0.25, 0.3) is 11.3 Å². The van der Waals surface area contributed by atoms with Crippen molar-refractivity contribution in [2.75, 3.05) is 5.73 Å². The van der Waals surface area contributed by atoms with Gasteiger partial charge in [0.05, 0.1) is 5.69 Å². The van der Waals surface area contributed by atoms with E-state index in [0.717, 1.165) is 17.1 Å². The zero-order valence-corrected chi connectivity index (χ0v) is 12.0. The molecule has 1 aromatic carbocycles. The average molecular weight is 255 g/mol. The molecule has 2 rings (SSSR count). The van der Waals surface area contributed by atoms with E-state index in [0.29, 0.717) is 11.7 Å². The highest BCUT2D eigenvalue weighted by Gasteiger charge is 2.08. The lowest BCUT2D eigenvalue weighted by Crippen LogP contribution is -2.02. The number of nitrogens with zero attached hydrogens (tertiary/aromatic N) is 2. The second-order valence-electron chi connectivity index (χ2n) is 5.47. The lowest BCUT2D eigenvalue weighted by molar-refractivity contribution is 0.778. The number of rotatable bonds is 3. The largest absolute Gasteiger partial charge is 0.384 e. The molecule has 3 heteroatoms. The summed E-state index contributed by atoms with van der Waals surface area (Å²) >= 11 is 0. The molecule has 0 saturated carbocycles. The summed E-state index contributed by atoms with van der Waals surface area (Å²) in [4.78, 5) is 8.86. The molecule has 0 atom stereocenters. The Morgan fingerprint density at radius 2 is 1.53 bits per heavy atom. The van der Waals surface area contributed by atoms with Crippen LogP contribution >= 0.6 is 0 Å². The number of nitrogen functional groups attached to an aromatic ring is 1. The van der Waals surface area contributed by atoms with Crippen LogP contribution in [0.5, 0.6) is 0 Å². The van der Waals surface area contributed by atoms with Crippen LogP contribution in [0.2, 0.25) is 0 Å². The molecule has 1 aromatic heterocycles. The van der Waals surface area contributed by atoms with Gasteiger partial charge in [0.15, 0.2) is 0 Å². The molecule has 2 N–H and O–H groups in total. The average Bonchev–Trinajstić information content (AvgIpc) is 2.38. The van der Waals surface area contributed by atoms with Crippen LogP contribution < -0.4 is 5.73 Å². The summed E-state index contributed by atoms with van der Waals surface area (Å²) in [6, 6.07) is 10.3. The number of aromatic nitrogens is 2. The molecule has 0 unspecified atom stereocenters. The number of hydrogen-bond acceptors (Lipinski definition) is 3. The van der Waals surface area contributed by atoms with Crippen molar-refractivity contribution in [3.05, 3.63) is 41.7 Å². The molecular formula is C16H21N3. The summed E-state index contributed by atoms with van der Waals surface area (Å²) in [7, 11) is 0. The molecule has 0 amide bonds. The molecule has 0 spiro atoms. The third-order valence-corrected chi connectivity index (χ3v) is 3.15. The standard InChI is InChI=1S/C16H21N3/c1-10(2)12-5-7-13(8-6-12)14-9-15(17)19-16(18-14)11(3)4/h5-11H,1-4H3,(H2,17,18,19). The van der Waals surface area contributed by atoms with Crippen LogP contribution in [0, 0.1) is 0 Å². The van der Waals surface area contributed by atoms with Crippen molar-refractivity contribution >= 4 is 5.82 Å². The zero-order chi connectivity index (χ0) is 14.0.